The number of ether oxygens (including phenoxy) is 2. The maximum absolute atomic E-state index is 13.8. The Labute approximate surface area is 209 Å². The zero-order chi connectivity index (χ0) is 24.0. The van der Waals surface area contributed by atoms with Gasteiger partial charge in [-0.1, -0.05) is 42.8 Å². The van der Waals surface area contributed by atoms with Crippen molar-refractivity contribution in [2.75, 3.05) is 13.7 Å². The molecule has 5 nitrogen and oxygen atoms in total. The molecule has 2 aromatic rings. The molecular weight excluding hydrogens is 473 g/mol. The summed E-state index contributed by atoms with van der Waals surface area (Å²) in [6.45, 7) is 2.52. The fourth-order valence-electron chi connectivity index (χ4n) is 5.33. The number of ketones is 1. The summed E-state index contributed by atoms with van der Waals surface area (Å²) in [6.07, 6.45) is 1.58. The molecule has 1 amide bonds. The van der Waals surface area contributed by atoms with Crippen LogP contribution in [0.4, 0.5) is 0 Å². The predicted octanol–water partition coefficient (Wildman–Crippen LogP) is 5.35. The lowest BCUT2D eigenvalue weighted by atomic mass is 9.74. The lowest BCUT2D eigenvalue weighted by Gasteiger charge is -2.40. The predicted molar refractivity (Wildman–Crippen MR) is 131 cm³/mol. The standard InChI is InChI=1S/C27H27Cl2NO4/c1-15-13-22-20(14-21(15)29)25(31)23-24(17-5-7-18(28)8-6-17)30(27(32)26(23)34-22)12-11-16-3-9-19(33-2)10-4-16/h3-10,15,20-22,24H,11-14H2,1-2H3. The third-order valence-electron chi connectivity index (χ3n) is 7.29. The molecular formula is C27H27Cl2NO4. The highest BCUT2D eigenvalue weighted by molar-refractivity contribution is 6.30. The minimum Gasteiger partial charge on any atom is -0.497 e. The molecule has 0 N–H and O–H groups in total. The molecule has 178 valence electrons. The number of nitrogens with zero attached hydrogens (tertiary/aromatic N) is 1. The highest BCUT2D eigenvalue weighted by atomic mass is 35.5. The molecule has 1 saturated carbocycles. The number of alkyl halides is 1. The van der Waals surface area contributed by atoms with Crippen LogP contribution in [0.3, 0.4) is 0 Å². The number of hydrogen-bond donors (Lipinski definition) is 0. The van der Waals surface area contributed by atoms with E-state index in [9.17, 15) is 9.59 Å². The molecule has 0 radical (unpaired) electrons. The molecule has 5 atom stereocenters. The van der Waals surface area contributed by atoms with Gasteiger partial charge in [-0.05, 0) is 60.6 Å². The smallest absolute Gasteiger partial charge is 0.290 e. The van der Waals surface area contributed by atoms with Crippen molar-refractivity contribution in [1.82, 2.24) is 4.90 Å². The van der Waals surface area contributed by atoms with Gasteiger partial charge in [-0.15, -0.1) is 11.6 Å². The summed E-state index contributed by atoms with van der Waals surface area (Å²) in [4.78, 5) is 29.1. The van der Waals surface area contributed by atoms with E-state index in [0.717, 1.165) is 16.9 Å². The zero-order valence-corrected chi connectivity index (χ0v) is 20.7. The maximum Gasteiger partial charge on any atom is 0.290 e. The van der Waals surface area contributed by atoms with Crippen LogP contribution in [-0.4, -0.2) is 41.7 Å². The zero-order valence-electron chi connectivity index (χ0n) is 19.2. The van der Waals surface area contributed by atoms with Gasteiger partial charge in [0.1, 0.15) is 11.9 Å². The SMILES string of the molecule is COc1ccc(CCN2C(=O)C3=C(C(=O)C4CC(Cl)C(C)CC4O3)C2c2ccc(Cl)cc2)cc1. The van der Waals surface area contributed by atoms with Crippen molar-refractivity contribution in [3.05, 3.63) is 76.0 Å². The fourth-order valence-corrected chi connectivity index (χ4v) is 5.75. The summed E-state index contributed by atoms with van der Waals surface area (Å²) >= 11 is 12.7. The van der Waals surface area contributed by atoms with Gasteiger partial charge in [0.05, 0.1) is 24.6 Å². The van der Waals surface area contributed by atoms with Gasteiger partial charge in [0, 0.05) is 16.9 Å². The van der Waals surface area contributed by atoms with Crippen molar-refractivity contribution in [3.8, 4) is 5.75 Å². The molecule has 0 saturated heterocycles. The average Bonchev–Trinajstić information content (AvgIpc) is 3.11. The third-order valence-corrected chi connectivity index (χ3v) is 8.15. The number of hydrogen-bond acceptors (Lipinski definition) is 4. The van der Waals surface area contributed by atoms with E-state index in [0.29, 0.717) is 36.4 Å². The Morgan fingerprint density at radius 1 is 1.06 bits per heavy atom. The summed E-state index contributed by atoms with van der Waals surface area (Å²) in [5, 5.41) is 0.526. The quantitative estimate of drug-likeness (QED) is 0.520. The topological polar surface area (TPSA) is 55.8 Å². The Bertz CT molecular complexity index is 1130. The fraction of sp³-hybridized carbons (Fsp3) is 0.407. The molecule has 5 unspecified atom stereocenters. The third kappa shape index (κ3) is 4.09. The Morgan fingerprint density at radius 3 is 2.44 bits per heavy atom. The molecule has 1 aliphatic carbocycles. The molecule has 5 rings (SSSR count). The van der Waals surface area contributed by atoms with Crippen LogP contribution in [0.25, 0.3) is 0 Å². The number of fused-ring (bicyclic) bond motifs is 1. The first-order valence-electron chi connectivity index (χ1n) is 11.7. The van der Waals surface area contributed by atoms with Crippen molar-refractivity contribution in [2.45, 2.75) is 43.7 Å². The molecule has 3 aliphatic rings. The van der Waals surface area contributed by atoms with E-state index >= 15 is 0 Å². The van der Waals surface area contributed by atoms with Crippen molar-refractivity contribution >= 4 is 34.9 Å². The van der Waals surface area contributed by atoms with Crippen LogP contribution in [0.2, 0.25) is 5.02 Å². The number of amides is 1. The van der Waals surface area contributed by atoms with Crippen LogP contribution in [0.5, 0.6) is 5.75 Å². The van der Waals surface area contributed by atoms with Gasteiger partial charge < -0.3 is 14.4 Å². The highest BCUT2D eigenvalue weighted by Gasteiger charge is 2.53. The average molecular weight is 500 g/mol. The number of methoxy groups -OCH3 is 1. The van der Waals surface area contributed by atoms with Gasteiger partial charge in [-0.2, -0.15) is 0 Å². The van der Waals surface area contributed by atoms with E-state index in [-0.39, 0.29) is 40.8 Å². The molecule has 2 aromatic carbocycles. The first kappa shape index (κ1) is 23.3. The first-order chi connectivity index (χ1) is 16.4. The Morgan fingerprint density at radius 2 is 1.76 bits per heavy atom. The lowest BCUT2D eigenvalue weighted by Crippen LogP contribution is -2.44. The van der Waals surface area contributed by atoms with Crippen molar-refractivity contribution in [3.63, 3.8) is 0 Å². The molecule has 0 spiro atoms. The molecule has 34 heavy (non-hydrogen) atoms. The van der Waals surface area contributed by atoms with E-state index in [2.05, 4.69) is 6.92 Å². The van der Waals surface area contributed by atoms with Crippen LogP contribution in [0, 0.1) is 11.8 Å². The summed E-state index contributed by atoms with van der Waals surface area (Å²) < 4.78 is 11.5. The minimum absolute atomic E-state index is 0.0101. The number of carbonyl (C=O) groups is 2. The van der Waals surface area contributed by atoms with Gasteiger partial charge in [0.25, 0.3) is 5.91 Å². The van der Waals surface area contributed by atoms with E-state index in [4.69, 9.17) is 32.7 Å². The second kappa shape index (κ2) is 9.27. The maximum atomic E-state index is 13.8. The van der Waals surface area contributed by atoms with E-state index in [1.54, 1.807) is 24.1 Å². The largest absolute Gasteiger partial charge is 0.497 e. The second-order valence-corrected chi connectivity index (χ2v) is 10.4. The monoisotopic (exact) mass is 499 g/mol. The Hall–Kier alpha value is -2.50. The molecule has 1 fully saturated rings. The van der Waals surface area contributed by atoms with Gasteiger partial charge in [-0.3, -0.25) is 9.59 Å². The van der Waals surface area contributed by atoms with Gasteiger partial charge >= 0.3 is 0 Å². The van der Waals surface area contributed by atoms with Gasteiger partial charge in [-0.25, -0.2) is 0 Å². The molecule has 0 aromatic heterocycles. The van der Waals surface area contributed by atoms with Crippen LogP contribution < -0.4 is 4.74 Å². The first-order valence-corrected chi connectivity index (χ1v) is 12.5. The summed E-state index contributed by atoms with van der Waals surface area (Å²) in [6, 6.07) is 14.6. The van der Waals surface area contributed by atoms with Gasteiger partial charge in [0.2, 0.25) is 0 Å². The van der Waals surface area contributed by atoms with Gasteiger partial charge in [0.15, 0.2) is 11.5 Å². The number of benzene rings is 2. The van der Waals surface area contributed by atoms with Crippen molar-refractivity contribution in [2.24, 2.45) is 11.8 Å². The van der Waals surface area contributed by atoms with Crippen molar-refractivity contribution in [1.29, 1.82) is 0 Å². The number of rotatable bonds is 5. The highest BCUT2D eigenvalue weighted by Crippen LogP contribution is 2.48. The van der Waals surface area contributed by atoms with E-state index in [1.165, 1.54) is 0 Å². The molecule has 0 bridgehead atoms. The molecule has 7 heteroatoms. The number of carbonyl (C=O) groups excluding carboxylic acids is 2. The summed E-state index contributed by atoms with van der Waals surface area (Å²) in [5.74, 6) is 0.668. The van der Waals surface area contributed by atoms with Crippen LogP contribution in [0.1, 0.15) is 36.9 Å². The second-order valence-electron chi connectivity index (χ2n) is 9.39. The summed E-state index contributed by atoms with van der Waals surface area (Å²) in [7, 11) is 1.63. The Kier molecular flexibility index (Phi) is 6.34. The Balaban J connectivity index is 1.48. The van der Waals surface area contributed by atoms with Crippen molar-refractivity contribution < 1.29 is 19.1 Å². The lowest BCUT2D eigenvalue weighted by molar-refractivity contribution is -0.136. The van der Waals surface area contributed by atoms with Crippen LogP contribution >= 0.6 is 23.2 Å². The number of Topliss-reactive ketones (excluding diaryl/α,β-unsaturated/α-hetero) is 1. The summed E-state index contributed by atoms with van der Waals surface area (Å²) in [5.41, 5.74) is 2.38. The minimum atomic E-state index is -0.500. The van der Waals surface area contributed by atoms with E-state index in [1.807, 2.05) is 36.4 Å². The number of halogens is 2. The van der Waals surface area contributed by atoms with Crippen LogP contribution in [-0.2, 0) is 20.7 Å². The molecule has 2 heterocycles. The molecule has 2 aliphatic heterocycles. The van der Waals surface area contributed by atoms with Crippen LogP contribution in [0.15, 0.2) is 59.9 Å². The normalized spacial score (nSPS) is 28.5. The van der Waals surface area contributed by atoms with E-state index < -0.39 is 6.04 Å².